The quantitative estimate of drug-likeness (QED) is 0.802. The van der Waals surface area contributed by atoms with Gasteiger partial charge in [-0.15, -0.1) is 0 Å². The largest absolute Gasteiger partial charge is 0.326 e. The molecular weight excluding hydrogens is 244 g/mol. The molecule has 1 atom stereocenters. The van der Waals surface area contributed by atoms with Gasteiger partial charge in [0.25, 0.3) is 0 Å². The van der Waals surface area contributed by atoms with E-state index in [1.165, 1.54) is 6.42 Å². The van der Waals surface area contributed by atoms with Gasteiger partial charge in [-0.3, -0.25) is 4.79 Å². The smallest absolute Gasteiger partial charge is 0.249 e. The number of halogens is 1. The zero-order chi connectivity index (χ0) is 9.97. The predicted octanol–water partition coefficient (Wildman–Crippen LogP) is 1.60. The van der Waals surface area contributed by atoms with Gasteiger partial charge in [-0.2, -0.15) is 0 Å². The molecule has 1 unspecified atom stereocenters. The average Bonchev–Trinajstić information content (AvgIpc) is 2.18. The lowest BCUT2D eigenvalue weighted by atomic mass is 9.96. The Bertz CT molecular complexity index is 369. The van der Waals surface area contributed by atoms with E-state index in [2.05, 4.69) is 26.2 Å². The topological polar surface area (TPSA) is 44.9 Å². The molecule has 1 aliphatic rings. The molecular formula is C10H13BrN2O. The first-order valence-electron chi connectivity index (χ1n) is 4.86. The zero-order valence-electron chi connectivity index (χ0n) is 7.85. The minimum Gasteiger partial charge on any atom is -0.326 e. The molecule has 14 heavy (non-hydrogen) atoms. The summed E-state index contributed by atoms with van der Waals surface area (Å²) in [5.74, 6) is 0.453. The van der Waals surface area contributed by atoms with Crippen molar-refractivity contribution in [2.24, 2.45) is 0 Å². The van der Waals surface area contributed by atoms with E-state index in [-0.39, 0.29) is 5.56 Å². The van der Waals surface area contributed by atoms with E-state index < -0.39 is 0 Å². The summed E-state index contributed by atoms with van der Waals surface area (Å²) in [4.78, 5) is 14.1. The highest BCUT2D eigenvalue weighted by molar-refractivity contribution is 9.10. The summed E-state index contributed by atoms with van der Waals surface area (Å²) in [6.45, 7) is 2.06. The Labute approximate surface area is 91.0 Å². The summed E-state index contributed by atoms with van der Waals surface area (Å²) in [7, 11) is 0. The number of aromatic nitrogens is 1. The highest BCUT2D eigenvalue weighted by Gasteiger charge is 2.15. The number of nitrogens with one attached hydrogen (secondary N) is 2. The zero-order valence-corrected chi connectivity index (χ0v) is 9.43. The van der Waals surface area contributed by atoms with E-state index >= 15 is 0 Å². The summed E-state index contributed by atoms with van der Waals surface area (Å²) in [6.07, 6.45) is 2.33. The Hall–Kier alpha value is -0.610. The predicted molar refractivity (Wildman–Crippen MR) is 59.6 cm³/mol. The van der Waals surface area contributed by atoms with Crippen molar-refractivity contribution < 1.29 is 0 Å². The second kappa shape index (κ2) is 4.28. The first kappa shape index (κ1) is 9.93. The van der Waals surface area contributed by atoms with Crippen LogP contribution in [0.2, 0.25) is 0 Å². The van der Waals surface area contributed by atoms with E-state index in [9.17, 15) is 4.79 Å². The summed E-state index contributed by atoms with van der Waals surface area (Å²) < 4.78 is 0.863. The molecule has 1 aromatic rings. The summed E-state index contributed by atoms with van der Waals surface area (Å²) in [6, 6.07) is 3.55. The molecule has 3 nitrogen and oxygen atoms in total. The van der Waals surface area contributed by atoms with E-state index in [1.54, 1.807) is 6.07 Å². The molecule has 0 radical (unpaired) electrons. The van der Waals surface area contributed by atoms with Crippen LogP contribution >= 0.6 is 15.9 Å². The number of piperidine rings is 1. The van der Waals surface area contributed by atoms with Crippen molar-refractivity contribution in [3.8, 4) is 0 Å². The number of hydrogen-bond acceptors (Lipinski definition) is 2. The van der Waals surface area contributed by atoms with Crippen LogP contribution in [-0.2, 0) is 0 Å². The minimum atomic E-state index is -0.0278. The van der Waals surface area contributed by atoms with Crippen LogP contribution < -0.4 is 10.9 Å². The van der Waals surface area contributed by atoms with Crippen LogP contribution in [0, 0.1) is 0 Å². The lowest BCUT2D eigenvalue weighted by Gasteiger charge is -2.22. The van der Waals surface area contributed by atoms with Crippen LogP contribution in [0.25, 0.3) is 0 Å². The Balaban J connectivity index is 2.26. The fraction of sp³-hybridized carbons (Fsp3) is 0.500. The lowest BCUT2D eigenvalue weighted by molar-refractivity contribution is 0.454. The average molecular weight is 257 g/mol. The molecule has 1 fully saturated rings. The van der Waals surface area contributed by atoms with Crippen molar-refractivity contribution in [2.45, 2.75) is 18.8 Å². The van der Waals surface area contributed by atoms with Crippen LogP contribution in [0.3, 0.4) is 0 Å². The number of rotatable bonds is 1. The molecule has 4 heteroatoms. The summed E-state index contributed by atoms with van der Waals surface area (Å²) in [5.41, 5.74) is 1.01. The molecule has 0 aromatic carbocycles. The van der Waals surface area contributed by atoms with Gasteiger partial charge in [0.2, 0.25) is 5.56 Å². The third-order valence-electron chi connectivity index (χ3n) is 2.57. The molecule has 1 aliphatic heterocycles. The van der Waals surface area contributed by atoms with Gasteiger partial charge in [0.1, 0.15) is 0 Å². The molecule has 0 aliphatic carbocycles. The molecule has 0 saturated carbocycles. The van der Waals surface area contributed by atoms with Crippen LogP contribution in [-0.4, -0.2) is 18.1 Å². The number of aromatic amines is 1. The standard InChI is InChI=1S/C10H13BrN2O/c11-8-4-9(13-10(14)5-8)7-2-1-3-12-6-7/h4-5,7,12H,1-3,6H2,(H,13,14). The SMILES string of the molecule is O=c1cc(Br)cc(C2CCCNC2)[nH]1. The van der Waals surface area contributed by atoms with Gasteiger partial charge < -0.3 is 10.3 Å². The maximum Gasteiger partial charge on any atom is 0.249 e. The van der Waals surface area contributed by atoms with E-state index in [0.29, 0.717) is 5.92 Å². The van der Waals surface area contributed by atoms with Crippen molar-refractivity contribution >= 4 is 15.9 Å². The Morgan fingerprint density at radius 2 is 2.29 bits per heavy atom. The maximum atomic E-state index is 11.2. The fourth-order valence-corrected chi connectivity index (χ4v) is 2.32. The maximum absolute atomic E-state index is 11.2. The summed E-state index contributed by atoms with van der Waals surface area (Å²) in [5, 5.41) is 3.33. The number of H-pyrrole nitrogens is 1. The lowest BCUT2D eigenvalue weighted by Crippen LogP contribution is -2.29. The molecule has 1 saturated heterocycles. The number of pyridine rings is 1. The second-order valence-electron chi connectivity index (χ2n) is 3.66. The molecule has 1 aromatic heterocycles. The van der Waals surface area contributed by atoms with Gasteiger partial charge in [-0.25, -0.2) is 0 Å². The third-order valence-corrected chi connectivity index (χ3v) is 3.02. The van der Waals surface area contributed by atoms with E-state index in [1.807, 2.05) is 6.07 Å². The van der Waals surface area contributed by atoms with Crippen molar-refractivity contribution in [1.82, 2.24) is 10.3 Å². The first-order valence-corrected chi connectivity index (χ1v) is 5.65. The molecule has 0 spiro atoms. The monoisotopic (exact) mass is 256 g/mol. The van der Waals surface area contributed by atoms with Gasteiger partial charge >= 0.3 is 0 Å². The first-order chi connectivity index (χ1) is 6.75. The molecule has 2 rings (SSSR count). The molecule has 0 bridgehead atoms. The van der Waals surface area contributed by atoms with Crippen LogP contribution in [0.4, 0.5) is 0 Å². The highest BCUT2D eigenvalue weighted by Crippen LogP contribution is 2.22. The van der Waals surface area contributed by atoms with E-state index in [0.717, 1.165) is 29.7 Å². The van der Waals surface area contributed by atoms with Crippen molar-refractivity contribution in [1.29, 1.82) is 0 Å². The Morgan fingerprint density at radius 1 is 1.43 bits per heavy atom. The van der Waals surface area contributed by atoms with E-state index in [4.69, 9.17) is 0 Å². The van der Waals surface area contributed by atoms with Gasteiger partial charge in [0.15, 0.2) is 0 Å². The van der Waals surface area contributed by atoms with Gasteiger partial charge in [0.05, 0.1) is 0 Å². The molecule has 76 valence electrons. The summed E-state index contributed by atoms with van der Waals surface area (Å²) >= 11 is 3.34. The normalized spacial score (nSPS) is 22.2. The second-order valence-corrected chi connectivity index (χ2v) is 4.58. The Kier molecular flexibility index (Phi) is 3.03. The van der Waals surface area contributed by atoms with Crippen LogP contribution in [0.15, 0.2) is 21.4 Å². The van der Waals surface area contributed by atoms with Gasteiger partial charge in [-0.1, -0.05) is 15.9 Å². The fourth-order valence-electron chi connectivity index (χ4n) is 1.87. The van der Waals surface area contributed by atoms with Crippen molar-refractivity contribution in [3.63, 3.8) is 0 Å². The minimum absolute atomic E-state index is 0.0278. The van der Waals surface area contributed by atoms with Crippen LogP contribution in [0.5, 0.6) is 0 Å². The van der Waals surface area contributed by atoms with Crippen LogP contribution in [0.1, 0.15) is 24.5 Å². The molecule has 2 heterocycles. The van der Waals surface area contributed by atoms with Gasteiger partial charge in [0, 0.05) is 28.7 Å². The number of hydrogen-bond donors (Lipinski definition) is 2. The Morgan fingerprint density at radius 3 is 2.93 bits per heavy atom. The third kappa shape index (κ3) is 2.25. The van der Waals surface area contributed by atoms with Crippen molar-refractivity contribution in [2.75, 3.05) is 13.1 Å². The molecule has 0 amide bonds. The highest BCUT2D eigenvalue weighted by atomic mass is 79.9. The van der Waals surface area contributed by atoms with Crippen molar-refractivity contribution in [3.05, 3.63) is 32.7 Å². The van der Waals surface area contributed by atoms with Gasteiger partial charge in [-0.05, 0) is 25.5 Å². The molecule has 2 N–H and O–H groups in total.